The molecule has 292 valence electrons. The fraction of sp³-hybridized carbons (Fsp3) is 0.0678. The Morgan fingerprint density at radius 3 is 1.42 bits per heavy atom. The van der Waals surface area contributed by atoms with E-state index in [2.05, 4.69) is 166 Å². The van der Waals surface area contributed by atoms with Gasteiger partial charge in [0, 0.05) is 22.1 Å². The van der Waals surface area contributed by atoms with Crippen LogP contribution in [0.5, 0.6) is 0 Å². The largest absolute Gasteiger partial charge is 0.208 e. The Labute approximate surface area is 362 Å². The third-order valence-corrected chi connectivity index (χ3v) is 13.4. The maximum atomic E-state index is 5.01. The van der Waals surface area contributed by atoms with Gasteiger partial charge in [0.25, 0.3) is 0 Å². The van der Waals surface area contributed by atoms with Gasteiger partial charge in [0.15, 0.2) is 17.5 Å². The van der Waals surface area contributed by atoms with Gasteiger partial charge in [-0.3, -0.25) is 0 Å². The fourth-order valence-electron chi connectivity index (χ4n) is 10.5. The normalized spacial score (nSPS) is 13.9. The van der Waals surface area contributed by atoms with Crippen LogP contribution in [0, 0.1) is 0 Å². The number of fused-ring (bicyclic) bond motifs is 10. The van der Waals surface area contributed by atoms with Crippen LogP contribution in [0.1, 0.15) is 47.2 Å². The summed E-state index contributed by atoms with van der Waals surface area (Å²) in [5, 5.41) is 2.41. The summed E-state index contributed by atoms with van der Waals surface area (Å²) in [6.45, 7) is 4.76. The summed E-state index contributed by atoms with van der Waals surface area (Å²) in [6.07, 6.45) is 0. The van der Waals surface area contributed by atoms with E-state index in [0.29, 0.717) is 17.5 Å². The molecule has 0 amide bonds. The van der Waals surface area contributed by atoms with Gasteiger partial charge >= 0.3 is 0 Å². The Balaban J connectivity index is 0.975. The first-order valence-corrected chi connectivity index (χ1v) is 21.4. The number of hydrogen-bond acceptors (Lipinski definition) is 3. The molecule has 0 bridgehead atoms. The number of benzene rings is 9. The Morgan fingerprint density at radius 1 is 0.290 bits per heavy atom. The molecule has 2 aliphatic carbocycles. The molecule has 0 aliphatic heterocycles. The number of hydrogen-bond donors (Lipinski definition) is 0. The molecule has 3 nitrogen and oxygen atoms in total. The van der Waals surface area contributed by atoms with Gasteiger partial charge in [-0.25, -0.2) is 15.0 Å². The lowest BCUT2D eigenvalue weighted by Crippen LogP contribution is -2.40. The van der Waals surface area contributed by atoms with Crippen LogP contribution in [0.15, 0.2) is 212 Å². The quantitative estimate of drug-likeness (QED) is 0.174. The monoisotopic (exact) mass is 791 g/mol. The molecule has 0 radical (unpaired) electrons. The van der Waals surface area contributed by atoms with E-state index in [4.69, 9.17) is 15.0 Å². The summed E-state index contributed by atoms with van der Waals surface area (Å²) in [7, 11) is 0. The van der Waals surface area contributed by atoms with E-state index in [1.165, 1.54) is 66.4 Å². The number of aromatic nitrogens is 3. The second-order valence-corrected chi connectivity index (χ2v) is 17.1. The minimum atomic E-state index is -0.435. The predicted octanol–water partition coefficient (Wildman–Crippen LogP) is 14.4. The van der Waals surface area contributed by atoms with Gasteiger partial charge in [-0.1, -0.05) is 208 Å². The summed E-state index contributed by atoms with van der Waals surface area (Å²) >= 11 is 0. The molecule has 0 saturated carbocycles. The highest BCUT2D eigenvalue weighted by atomic mass is 15.0. The number of nitrogens with zero attached hydrogens (tertiary/aromatic N) is 3. The van der Waals surface area contributed by atoms with Crippen molar-refractivity contribution in [3.05, 3.63) is 246 Å². The standard InChI is InChI=1S/C59H41N3/c1-58(2)50-27-11-13-29-52(50)59(53-30-14-12-28-51(53)58)49-26-10-9-24-47(49)48-34-32-43(37-54(48)59)45-25-16-22-42-35-41(31-33-46(42)45)40-21-15-23-44(36-40)57-61-55(38-17-5-3-6-18-38)60-56(62-57)39-19-7-4-8-20-39/h3-37H,1-2H3. The SMILES string of the molecule is CC1(C)c2ccccc2C2(c3ccccc3-c3ccc(-c4cccc5cc(-c6cccc(-c7nc(-c8ccccc8)nc(-c8ccccc8)n7)c6)ccc45)cc32)c2ccccc21. The molecule has 1 spiro atoms. The van der Waals surface area contributed by atoms with Gasteiger partial charge < -0.3 is 0 Å². The Hall–Kier alpha value is -7.75. The highest BCUT2D eigenvalue weighted by Gasteiger charge is 2.53. The van der Waals surface area contributed by atoms with E-state index >= 15 is 0 Å². The highest BCUT2D eigenvalue weighted by Crippen LogP contribution is 2.62. The van der Waals surface area contributed by atoms with Gasteiger partial charge in [0.1, 0.15) is 0 Å². The average molecular weight is 792 g/mol. The summed E-state index contributed by atoms with van der Waals surface area (Å²) in [5.74, 6) is 1.95. The molecular weight excluding hydrogens is 751 g/mol. The highest BCUT2D eigenvalue weighted by molar-refractivity contribution is 6.00. The van der Waals surface area contributed by atoms with Crippen molar-refractivity contribution in [3.63, 3.8) is 0 Å². The van der Waals surface area contributed by atoms with Gasteiger partial charge in [-0.2, -0.15) is 0 Å². The van der Waals surface area contributed by atoms with E-state index < -0.39 is 5.41 Å². The van der Waals surface area contributed by atoms with Crippen molar-refractivity contribution in [3.8, 4) is 67.5 Å². The minimum absolute atomic E-state index is 0.137. The van der Waals surface area contributed by atoms with Crippen molar-refractivity contribution in [2.45, 2.75) is 24.7 Å². The molecule has 0 fully saturated rings. The van der Waals surface area contributed by atoms with E-state index in [1.807, 2.05) is 60.7 Å². The zero-order chi connectivity index (χ0) is 41.4. The number of rotatable bonds is 5. The first kappa shape index (κ1) is 36.1. The zero-order valence-corrected chi connectivity index (χ0v) is 34.5. The molecule has 12 rings (SSSR count). The molecule has 1 aromatic heterocycles. The lowest BCUT2D eigenvalue weighted by molar-refractivity contribution is 0.563. The van der Waals surface area contributed by atoms with E-state index in [1.54, 1.807) is 0 Å². The van der Waals surface area contributed by atoms with E-state index in [-0.39, 0.29) is 5.41 Å². The predicted molar refractivity (Wildman–Crippen MR) is 254 cm³/mol. The van der Waals surface area contributed by atoms with Crippen LogP contribution in [-0.4, -0.2) is 15.0 Å². The Bertz CT molecular complexity index is 3280. The second kappa shape index (κ2) is 13.9. The summed E-state index contributed by atoms with van der Waals surface area (Å²) in [6, 6.07) is 77.0. The molecule has 2 aliphatic rings. The molecule has 10 aromatic rings. The summed E-state index contributed by atoms with van der Waals surface area (Å²) in [5.41, 5.74) is 17.8. The fourth-order valence-corrected chi connectivity index (χ4v) is 10.5. The molecule has 9 aromatic carbocycles. The molecule has 3 heteroatoms. The van der Waals surface area contributed by atoms with Crippen molar-refractivity contribution >= 4 is 10.8 Å². The van der Waals surface area contributed by atoms with Gasteiger partial charge in [0.2, 0.25) is 0 Å². The Kier molecular flexibility index (Phi) is 8.10. The zero-order valence-electron chi connectivity index (χ0n) is 34.5. The smallest absolute Gasteiger partial charge is 0.164 e. The molecule has 0 N–H and O–H groups in total. The van der Waals surface area contributed by atoms with E-state index in [0.717, 1.165) is 27.8 Å². The van der Waals surface area contributed by atoms with Gasteiger partial charge in [-0.05, 0) is 95.7 Å². The van der Waals surface area contributed by atoms with Crippen molar-refractivity contribution in [1.29, 1.82) is 0 Å². The van der Waals surface area contributed by atoms with Crippen LogP contribution in [0.2, 0.25) is 0 Å². The van der Waals surface area contributed by atoms with Crippen molar-refractivity contribution in [1.82, 2.24) is 15.0 Å². The lowest BCUT2D eigenvalue weighted by atomic mass is 9.55. The second-order valence-electron chi connectivity index (χ2n) is 17.1. The van der Waals surface area contributed by atoms with Crippen molar-refractivity contribution in [2.75, 3.05) is 0 Å². The van der Waals surface area contributed by atoms with E-state index in [9.17, 15) is 0 Å². The molecule has 0 unspecified atom stereocenters. The van der Waals surface area contributed by atoms with Crippen LogP contribution >= 0.6 is 0 Å². The first-order valence-electron chi connectivity index (χ1n) is 21.4. The molecule has 0 atom stereocenters. The van der Waals surface area contributed by atoms with Crippen LogP contribution in [0.25, 0.3) is 78.3 Å². The third-order valence-electron chi connectivity index (χ3n) is 13.4. The first-order chi connectivity index (χ1) is 30.5. The van der Waals surface area contributed by atoms with Gasteiger partial charge in [0.05, 0.1) is 5.41 Å². The summed E-state index contributed by atoms with van der Waals surface area (Å²) < 4.78 is 0. The van der Waals surface area contributed by atoms with Crippen LogP contribution < -0.4 is 0 Å². The maximum Gasteiger partial charge on any atom is 0.164 e. The maximum absolute atomic E-state index is 5.01. The average Bonchev–Trinajstić information content (AvgIpc) is 3.63. The third kappa shape index (κ3) is 5.41. The van der Waals surface area contributed by atoms with Gasteiger partial charge in [-0.15, -0.1) is 0 Å². The summed E-state index contributed by atoms with van der Waals surface area (Å²) in [4.78, 5) is 14.9. The molecule has 0 saturated heterocycles. The molecular formula is C59H41N3. The van der Waals surface area contributed by atoms with Crippen LogP contribution in [-0.2, 0) is 10.8 Å². The van der Waals surface area contributed by atoms with Crippen molar-refractivity contribution < 1.29 is 0 Å². The Morgan fingerprint density at radius 2 is 0.758 bits per heavy atom. The van der Waals surface area contributed by atoms with Crippen LogP contribution in [0.3, 0.4) is 0 Å². The molecule has 62 heavy (non-hydrogen) atoms. The van der Waals surface area contributed by atoms with Crippen molar-refractivity contribution in [2.24, 2.45) is 0 Å². The minimum Gasteiger partial charge on any atom is -0.208 e. The van der Waals surface area contributed by atoms with Crippen LogP contribution in [0.4, 0.5) is 0 Å². The molecule has 1 heterocycles. The topological polar surface area (TPSA) is 38.7 Å². The lowest BCUT2D eigenvalue weighted by Gasteiger charge is -2.46.